The summed E-state index contributed by atoms with van der Waals surface area (Å²) in [5, 5.41) is 21.1. The number of carbonyl (C=O) groups is 3. The van der Waals surface area contributed by atoms with Crippen LogP contribution in [0, 0.1) is 36.0 Å². The van der Waals surface area contributed by atoms with Crippen molar-refractivity contribution in [2.24, 2.45) is 0 Å². The van der Waals surface area contributed by atoms with Crippen molar-refractivity contribution in [1.29, 1.82) is 0 Å². The number of aryl methyl sites for hydroxylation is 1. The van der Waals surface area contributed by atoms with Crippen LogP contribution in [0.15, 0.2) is 210 Å². The third-order valence-electron chi connectivity index (χ3n) is 15.8. The van der Waals surface area contributed by atoms with Gasteiger partial charge in [-0.1, -0.05) is 135 Å². The van der Waals surface area contributed by atoms with Gasteiger partial charge in [-0.3, -0.25) is 9.59 Å². The molecule has 104 heavy (non-hydrogen) atoms. The number of nitrogens with zero attached hydrogens (tertiary/aromatic N) is 6. The van der Waals surface area contributed by atoms with Gasteiger partial charge in [0.2, 0.25) is 45.1 Å². The van der Waals surface area contributed by atoms with Crippen molar-refractivity contribution in [1.82, 2.24) is 30.7 Å². The van der Waals surface area contributed by atoms with Crippen molar-refractivity contribution in [3.8, 4) is 90.7 Å². The van der Waals surface area contributed by atoms with E-state index in [1.54, 1.807) is 18.2 Å². The molecule has 8 aromatic carbocycles. The van der Waals surface area contributed by atoms with Crippen molar-refractivity contribution in [2.45, 2.75) is 94.2 Å². The molecule has 0 aliphatic heterocycles. The Morgan fingerprint density at radius 1 is 0.413 bits per heavy atom. The summed E-state index contributed by atoms with van der Waals surface area (Å²) in [7, 11) is 0. The molecule has 0 fully saturated rings. The van der Waals surface area contributed by atoms with Gasteiger partial charge in [-0.15, -0.1) is 21.5 Å². The van der Waals surface area contributed by atoms with E-state index in [2.05, 4.69) is 56.2 Å². The molecular formula is C79H67F5N6O10S4. The summed E-state index contributed by atoms with van der Waals surface area (Å²) in [6, 6.07) is 56.5. The topological polar surface area (TPSA) is 205 Å². The maximum absolute atomic E-state index is 13.8. The first-order chi connectivity index (χ1) is 50.6. The summed E-state index contributed by atoms with van der Waals surface area (Å²) >= 11 is 5.18. The number of fused-ring (bicyclic) bond motifs is 1. The van der Waals surface area contributed by atoms with Gasteiger partial charge in [0, 0.05) is 62.7 Å². The molecule has 5 aromatic heterocycles. The second kappa shape index (κ2) is 36.5. The normalized spacial score (nSPS) is 11.0. The molecule has 0 aliphatic rings. The zero-order valence-corrected chi connectivity index (χ0v) is 59.9. The number of hydrogen-bond acceptors (Lipinski definition) is 20. The fourth-order valence-electron chi connectivity index (χ4n) is 10.1. The average Bonchev–Trinajstić information content (AvgIpc) is 1.24. The zero-order valence-electron chi connectivity index (χ0n) is 56.7. The second-order valence-electron chi connectivity index (χ2n) is 23.3. The quantitative estimate of drug-likeness (QED) is 0.00892. The highest BCUT2D eigenvalue weighted by Crippen LogP contribution is 2.36. The molecule has 0 N–H and O–H groups in total. The first kappa shape index (κ1) is 74.6. The number of thioether (sulfide) groups is 2. The summed E-state index contributed by atoms with van der Waals surface area (Å²) in [5.74, 6) is -9.95. The number of ether oxygens (including phenoxy) is 4. The van der Waals surface area contributed by atoms with Crippen molar-refractivity contribution < 1.29 is 68.9 Å². The van der Waals surface area contributed by atoms with Crippen LogP contribution in [-0.2, 0) is 0 Å². The van der Waals surface area contributed by atoms with Crippen LogP contribution in [0.4, 0.5) is 22.0 Å². The van der Waals surface area contributed by atoms with Gasteiger partial charge in [0.1, 0.15) is 39.3 Å². The van der Waals surface area contributed by atoms with E-state index >= 15 is 0 Å². The first-order valence-electron chi connectivity index (χ1n) is 33.4. The Balaban J connectivity index is 0.000000157. The molecule has 532 valence electrons. The Hall–Kier alpha value is -10.6. The van der Waals surface area contributed by atoms with E-state index in [1.807, 2.05) is 153 Å². The van der Waals surface area contributed by atoms with Crippen molar-refractivity contribution >= 4 is 72.6 Å². The fourth-order valence-corrected chi connectivity index (χ4v) is 13.6. The van der Waals surface area contributed by atoms with E-state index in [9.17, 15) is 36.3 Å². The molecule has 25 heteroatoms. The van der Waals surface area contributed by atoms with Crippen molar-refractivity contribution in [2.75, 3.05) is 19.8 Å². The van der Waals surface area contributed by atoms with Crippen LogP contribution in [0.3, 0.4) is 0 Å². The lowest BCUT2D eigenvalue weighted by molar-refractivity contribution is 0.0715. The smallest absolute Gasteiger partial charge is 0.343 e. The van der Waals surface area contributed by atoms with Gasteiger partial charge < -0.3 is 32.5 Å². The molecule has 0 radical (unpaired) electrons. The van der Waals surface area contributed by atoms with Gasteiger partial charge in [-0.2, -0.15) is 8.78 Å². The summed E-state index contributed by atoms with van der Waals surface area (Å²) in [6.45, 7) is 10.5. The van der Waals surface area contributed by atoms with Gasteiger partial charge in [0.15, 0.2) is 26.0 Å². The number of unbranched alkanes of at least 4 members (excludes halogenated alkanes) is 6. The fraction of sp³-hybridized carbons (Fsp3) is 0.203. The Kier molecular flexibility index (Phi) is 26.2. The van der Waals surface area contributed by atoms with Gasteiger partial charge >= 0.3 is 5.97 Å². The number of para-hydroxylation sites is 1. The maximum Gasteiger partial charge on any atom is 0.343 e. The van der Waals surface area contributed by atoms with Crippen LogP contribution in [0.1, 0.15) is 115 Å². The number of hydrogen-bond donors (Lipinski definition) is 0. The van der Waals surface area contributed by atoms with E-state index < -0.39 is 40.8 Å². The maximum atomic E-state index is 13.8. The second-order valence-corrected chi connectivity index (χ2v) is 28.0. The molecule has 0 saturated heterocycles. The van der Waals surface area contributed by atoms with Crippen LogP contribution in [0.25, 0.3) is 78.0 Å². The minimum atomic E-state index is -2.35. The molecule has 0 bridgehead atoms. The van der Waals surface area contributed by atoms with Crippen LogP contribution < -0.4 is 18.9 Å². The van der Waals surface area contributed by atoms with Crippen LogP contribution in [0.5, 0.6) is 23.0 Å². The summed E-state index contributed by atoms with van der Waals surface area (Å²) in [6.07, 6.45) is 10.0. The van der Waals surface area contributed by atoms with Crippen LogP contribution >= 0.6 is 46.2 Å². The summed E-state index contributed by atoms with van der Waals surface area (Å²) < 4.78 is 108. The highest BCUT2D eigenvalue weighted by Gasteiger charge is 2.29. The van der Waals surface area contributed by atoms with E-state index in [0.717, 1.165) is 139 Å². The Bertz CT molecular complexity index is 4930. The molecule has 5 heterocycles. The van der Waals surface area contributed by atoms with Crippen LogP contribution in [0.2, 0.25) is 0 Å². The number of thiazole rings is 1. The van der Waals surface area contributed by atoms with Gasteiger partial charge in [-0.05, 0) is 171 Å². The molecule has 0 amide bonds. The number of esters is 1. The molecular weight excluding hydrogens is 1420 g/mol. The Morgan fingerprint density at radius 2 is 0.779 bits per heavy atom. The molecule has 16 nitrogen and oxygen atoms in total. The minimum Gasteiger partial charge on any atom is -0.494 e. The predicted molar refractivity (Wildman–Crippen MR) is 393 cm³/mol. The molecule has 0 spiro atoms. The highest BCUT2D eigenvalue weighted by molar-refractivity contribution is 8.15. The Morgan fingerprint density at radius 3 is 1.15 bits per heavy atom. The number of halogens is 5. The van der Waals surface area contributed by atoms with Crippen molar-refractivity contribution in [3.05, 3.63) is 239 Å². The lowest BCUT2D eigenvalue weighted by atomic mass is 10.1. The molecule has 13 aromatic rings. The third-order valence-corrected chi connectivity index (χ3v) is 19.6. The molecule has 13 rings (SSSR count). The number of aromatic nitrogens is 6. The summed E-state index contributed by atoms with van der Waals surface area (Å²) in [5.41, 5.74) is 8.76. The van der Waals surface area contributed by atoms with Gasteiger partial charge in [-0.25, -0.2) is 22.9 Å². The largest absolute Gasteiger partial charge is 0.494 e. The standard InChI is InChI=1S/C28H24N2O3S2.C27H20F5NO4.C24H23N3O3S2/c1-2-3-6-17-32-22-15-13-20(14-16-22)25-18-24(30-33-25)19-9-11-21(12-10-19)27(31)35-28-29-23-7-4-5-8-26(23)34-28;1-2-3-4-13-35-18-11-9-16(10-12-18)20-14-19(33-37-20)15-5-7-17(8-6-15)27(34)36-26-24(31)22(29)21(28)23(30)25(26)32;1-3-4-5-14-29-20-12-10-18(11-13-20)22-15-21(27-30-22)17-6-8-19(9-7-17)23(28)32-24-26-25-16(2)31-24/h4-5,7-16,18H,2-3,6,17H2,1H3;5-12,14H,2-4,13H2,1H3;6-13,15H,3-5,14H2,1-2H3. The van der Waals surface area contributed by atoms with Crippen molar-refractivity contribution in [3.63, 3.8) is 0 Å². The van der Waals surface area contributed by atoms with Gasteiger partial charge in [0.05, 0.1) is 35.6 Å². The SMILES string of the molecule is CCCCCOc1ccc(-c2cc(-c3ccc(C(=O)Oc4c(F)c(F)c(F)c(F)c4F)cc3)no2)cc1.CCCCCOc1ccc(-c2cc(-c3ccc(C(=O)Sc4nc5ccccc5s4)cc3)no2)cc1.CCCCCOc1ccc(-c2cc(-c3ccc(C(=O)Sc4nnc(C)s4)cc3)no2)cc1. The number of rotatable bonds is 27. The third kappa shape index (κ3) is 19.8. The number of carbonyl (C=O) groups excluding carboxylic acids is 3. The van der Waals surface area contributed by atoms with Crippen LogP contribution in [-0.4, -0.2) is 66.7 Å². The van der Waals surface area contributed by atoms with E-state index in [-0.39, 0.29) is 15.8 Å². The molecule has 0 atom stereocenters. The Labute approximate surface area is 612 Å². The molecule has 0 aliphatic carbocycles. The first-order valence-corrected chi connectivity index (χ1v) is 36.6. The molecule has 0 unspecified atom stereocenters. The minimum absolute atomic E-state index is 0.0338. The zero-order chi connectivity index (χ0) is 72.9. The van der Waals surface area contributed by atoms with E-state index in [0.29, 0.717) is 56.3 Å². The average molecular weight is 1480 g/mol. The molecule has 0 saturated carbocycles. The van der Waals surface area contributed by atoms with E-state index in [1.165, 1.54) is 72.6 Å². The summed E-state index contributed by atoms with van der Waals surface area (Å²) in [4.78, 5) is 42.0. The highest BCUT2D eigenvalue weighted by atomic mass is 32.2. The van der Waals surface area contributed by atoms with Gasteiger partial charge in [0.25, 0.3) is 0 Å². The lowest BCUT2D eigenvalue weighted by Crippen LogP contribution is -2.13. The van der Waals surface area contributed by atoms with E-state index in [4.69, 9.17) is 27.8 Å². The number of benzene rings is 8. The predicted octanol–water partition coefficient (Wildman–Crippen LogP) is 22.3. The lowest BCUT2D eigenvalue weighted by Gasteiger charge is -2.09. The monoisotopic (exact) mass is 1480 g/mol.